The van der Waals surface area contributed by atoms with Gasteiger partial charge in [0.1, 0.15) is 5.75 Å². The van der Waals surface area contributed by atoms with Gasteiger partial charge in [-0.3, -0.25) is 4.79 Å². The number of hydrogen-bond donors (Lipinski definition) is 0. The lowest BCUT2D eigenvalue weighted by atomic mass is 10.1. The maximum absolute atomic E-state index is 12.6. The molecule has 0 bridgehead atoms. The Morgan fingerprint density at radius 1 is 0.676 bits per heavy atom. The summed E-state index contributed by atoms with van der Waals surface area (Å²) < 4.78 is 6.13. The first-order valence-electron chi connectivity index (χ1n) is 11.5. The van der Waals surface area contributed by atoms with Crippen LogP contribution in [0.15, 0.2) is 103 Å². The van der Waals surface area contributed by atoms with Gasteiger partial charge < -0.3 is 4.74 Å². The quantitative estimate of drug-likeness (QED) is 0.158. The van der Waals surface area contributed by atoms with E-state index in [9.17, 15) is 4.79 Å². The van der Waals surface area contributed by atoms with Crippen LogP contribution in [0, 0.1) is 0 Å². The van der Waals surface area contributed by atoms with E-state index in [0.717, 1.165) is 22.0 Å². The maximum Gasteiger partial charge on any atom is 0.230 e. The highest BCUT2D eigenvalue weighted by Gasteiger charge is 2.10. The Morgan fingerprint density at radius 3 is 1.97 bits per heavy atom. The SMILES string of the molecule is O=C(/C=C/c1ccc(Cl)cc1)c1ccc(Oc2nc(/C=C/c3ccc(Cl)cc3)nc3ccccc23)cc1. The third-order valence-electron chi connectivity index (χ3n) is 5.53. The number of aromatic nitrogens is 2. The van der Waals surface area contributed by atoms with Crippen LogP contribution in [0.4, 0.5) is 0 Å². The fraction of sp³-hybridized carbons (Fsp3) is 0. The summed E-state index contributed by atoms with van der Waals surface area (Å²) in [5, 5.41) is 2.12. The zero-order valence-corrected chi connectivity index (χ0v) is 21.0. The first kappa shape index (κ1) is 24.4. The van der Waals surface area contributed by atoms with Crippen molar-refractivity contribution in [2.24, 2.45) is 0 Å². The predicted octanol–water partition coefficient (Wildman–Crippen LogP) is 8.80. The van der Waals surface area contributed by atoms with E-state index >= 15 is 0 Å². The molecule has 4 aromatic carbocycles. The van der Waals surface area contributed by atoms with Crippen LogP contribution in [0.5, 0.6) is 11.6 Å². The summed E-state index contributed by atoms with van der Waals surface area (Å²) >= 11 is 11.9. The number of carbonyl (C=O) groups is 1. The molecule has 0 atom stereocenters. The van der Waals surface area contributed by atoms with Crippen LogP contribution in [0.2, 0.25) is 10.0 Å². The Hall–Kier alpha value is -4.25. The van der Waals surface area contributed by atoms with Crippen LogP contribution < -0.4 is 4.74 Å². The minimum absolute atomic E-state index is 0.108. The second-order valence-electron chi connectivity index (χ2n) is 8.16. The normalized spacial score (nSPS) is 11.4. The topological polar surface area (TPSA) is 52.1 Å². The second kappa shape index (κ2) is 11.2. The van der Waals surface area contributed by atoms with E-state index in [4.69, 9.17) is 27.9 Å². The van der Waals surface area contributed by atoms with Crippen LogP contribution >= 0.6 is 23.2 Å². The zero-order valence-electron chi connectivity index (χ0n) is 19.5. The molecule has 6 heteroatoms. The van der Waals surface area contributed by atoms with Gasteiger partial charge in [-0.25, -0.2) is 4.98 Å². The number of para-hydroxylation sites is 1. The molecule has 37 heavy (non-hydrogen) atoms. The van der Waals surface area contributed by atoms with E-state index in [1.54, 1.807) is 42.5 Å². The molecule has 180 valence electrons. The Morgan fingerprint density at radius 2 is 1.30 bits per heavy atom. The lowest BCUT2D eigenvalue weighted by Gasteiger charge is -2.09. The van der Waals surface area contributed by atoms with E-state index in [0.29, 0.717) is 33.1 Å². The Kier molecular flexibility index (Phi) is 7.41. The number of fused-ring (bicyclic) bond motifs is 1. The van der Waals surface area contributed by atoms with Crippen molar-refractivity contribution in [1.29, 1.82) is 0 Å². The van der Waals surface area contributed by atoms with Gasteiger partial charge in [-0.05, 0) is 83.9 Å². The molecule has 5 aromatic rings. The third kappa shape index (κ3) is 6.31. The molecular formula is C31H20Cl2N2O2. The van der Waals surface area contributed by atoms with Crippen LogP contribution in [0.1, 0.15) is 27.3 Å². The van der Waals surface area contributed by atoms with E-state index in [1.165, 1.54) is 6.08 Å². The number of nitrogens with zero attached hydrogens (tertiary/aromatic N) is 2. The number of carbonyl (C=O) groups excluding carboxylic acids is 1. The number of halogens is 2. The van der Waals surface area contributed by atoms with Crippen molar-refractivity contribution in [3.05, 3.63) is 136 Å². The average molecular weight is 523 g/mol. The van der Waals surface area contributed by atoms with Crippen LogP contribution in [0.25, 0.3) is 29.1 Å². The lowest BCUT2D eigenvalue weighted by molar-refractivity contribution is 0.104. The van der Waals surface area contributed by atoms with Gasteiger partial charge in [-0.2, -0.15) is 4.98 Å². The van der Waals surface area contributed by atoms with Crippen molar-refractivity contribution < 1.29 is 9.53 Å². The highest BCUT2D eigenvalue weighted by molar-refractivity contribution is 6.30. The van der Waals surface area contributed by atoms with Gasteiger partial charge in [0.2, 0.25) is 5.88 Å². The molecule has 0 unspecified atom stereocenters. The molecule has 4 nitrogen and oxygen atoms in total. The number of hydrogen-bond acceptors (Lipinski definition) is 4. The summed E-state index contributed by atoms with van der Waals surface area (Å²) in [6.45, 7) is 0. The van der Waals surface area contributed by atoms with Gasteiger partial charge >= 0.3 is 0 Å². The molecule has 5 rings (SSSR count). The summed E-state index contributed by atoms with van der Waals surface area (Å²) in [5.74, 6) is 1.41. The smallest absolute Gasteiger partial charge is 0.230 e. The zero-order chi connectivity index (χ0) is 25.6. The lowest BCUT2D eigenvalue weighted by Crippen LogP contribution is -1.97. The Balaban J connectivity index is 1.35. The molecule has 0 aliphatic carbocycles. The monoisotopic (exact) mass is 522 g/mol. The average Bonchev–Trinajstić information content (AvgIpc) is 2.93. The molecular weight excluding hydrogens is 503 g/mol. The van der Waals surface area contributed by atoms with Crippen molar-refractivity contribution in [3.8, 4) is 11.6 Å². The maximum atomic E-state index is 12.6. The number of benzene rings is 4. The molecule has 0 spiro atoms. The van der Waals surface area contributed by atoms with E-state index in [-0.39, 0.29) is 5.78 Å². The molecule has 0 N–H and O–H groups in total. The number of allylic oxidation sites excluding steroid dienone is 1. The Labute approximate surface area is 224 Å². The molecule has 0 saturated carbocycles. The van der Waals surface area contributed by atoms with Gasteiger partial charge in [0.25, 0.3) is 0 Å². The van der Waals surface area contributed by atoms with Crippen molar-refractivity contribution in [1.82, 2.24) is 9.97 Å². The fourth-order valence-electron chi connectivity index (χ4n) is 3.60. The molecule has 0 amide bonds. The van der Waals surface area contributed by atoms with Crippen molar-refractivity contribution in [2.45, 2.75) is 0 Å². The van der Waals surface area contributed by atoms with E-state index in [1.807, 2.05) is 72.8 Å². The van der Waals surface area contributed by atoms with Crippen molar-refractivity contribution >= 4 is 58.1 Å². The predicted molar refractivity (Wildman–Crippen MR) is 151 cm³/mol. The summed E-state index contributed by atoms with van der Waals surface area (Å²) in [4.78, 5) is 21.8. The first-order chi connectivity index (χ1) is 18.0. The minimum Gasteiger partial charge on any atom is -0.438 e. The molecule has 0 fully saturated rings. The highest BCUT2D eigenvalue weighted by Crippen LogP contribution is 2.28. The van der Waals surface area contributed by atoms with Crippen LogP contribution in [-0.2, 0) is 0 Å². The van der Waals surface area contributed by atoms with Crippen molar-refractivity contribution in [3.63, 3.8) is 0 Å². The summed E-state index contributed by atoms with van der Waals surface area (Å²) in [5.41, 5.74) is 3.20. The minimum atomic E-state index is -0.108. The first-order valence-corrected chi connectivity index (χ1v) is 12.3. The second-order valence-corrected chi connectivity index (χ2v) is 9.04. The largest absolute Gasteiger partial charge is 0.438 e. The van der Waals surface area contributed by atoms with Gasteiger partial charge in [0.05, 0.1) is 10.9 Å². The Bertz CT molecular complexity index is 1610. The molecule has 1 heterocycles. The highest BCUT2D eigenvalue weighted by atomic mass is 35.5. The number of rotatable bonds is 7. The summed E-state index contributed by atoms with van der Waals surface area (Å²) in [6.07, 6.45) is 7.05. The standard InChI is InChI=1S/C31H20Cl2N2O2/c32-24-13-5-21(6-14-24)9-19-29(36)23-11-17-26(18-12-23)37-31-27-3-1-2-4-28(27)34-30(35-31)20-10-22-7-15-25(33)16-8-22/h1-20H/b19-9+,20-10+. The molecule has 0 aliphatic rings. The van der Waals surface area contributed by atoms with Crippen LogP contribution in [-0.4, -0.2) is 15.8 Å². The van der Waals surface area contributed by atoms with Gasteiger partial charge in [0, 0.05) is 15.6 Å². The van der Waals surface area contributed by atoms with Gasteiger partial charge in [-0.15, -0.1) is 0 Å². The van der Waals surface area contributed by atoms with E-state index < -0.39 is 0 Å². The summed E-state index contributed by atoms with van der Waals surface area (Å²) in [7, 11) is 0. The van der Waals surface area contributed by atoms with Gasteiger partial charge in [0.15, 0.2) is 11.6 Å². The summed E-state index contributed by atoms with van der Waals surface area (Å²) in [6, 6.07) is 29.4. The van der Waals surface area contributed by atoms with E-state index in [2.05, 4.69) is 9.97 Å². The van der Waals surface area contributed by atoms with Crippen LogP contribution in [0.3, 0.4) is 0 Å². The number of ether oxygens (including phenoxy) is 1. The molecule has 1 aromatic heterocycles. The fourth-order valence-corrected chi connectivity index (χ4v) is 3.85. The third-order valence-corrected chi connectivity index (χ3v) is 6.03. The molecule has 0 saturated heterocycles. The molecule has 0 radical (unpaired) electrons. The number of ketones is 1. The van der Waals surface area contributed by atoms with Gasteiger partial charge in [-0.1, -0.05) is 71.8 Å². The van der Waals surface area contributed by atoms with Crippen molar-refractivity contribution in [2.75, 3.05) is 0 Å². The molecule has 0 aliphatic heterocycles.